The van der Waals surface area contributed by atoms with Crippen molar-refractivity contribution < 1.29 is 17.9 Å². The van der Waals surface area contributed by atoms with Gasteiger partial charge < -0.3 is 15.8 Å². The van der Waals surface area contributed by atoms with E-state index < -0.39 is 6.36 Å². The van der Waals surface area contributed by atoms with Crippen LogP contribution in [-0.4, -0.2) is 12.3 Å². The Hall–Kier alpha value is -2.70. The molecule has 3 N–H and O–H groups in total. The first kappa shape index (κ1) is 17.7. The summed E-state index contributed by atoms with van der Waals surface area (Å²) in [5.74, 6) is -0.211. The minimum absolute atomic E-state index is 0.112. The Balaban J connectivity index is 2.00. The van der Waals surface area contributed by atoms with E-state index in [0.29, 0.717) is 12.2 Å². The molecule has 0 saturated carbocycles. The zero-order chi connectivity index (χ0) is 17.6. The van der Waals surface area contributed by atoms with Gasteiger partial charge in [-0.05, 0) is 29.7 Å². The number of nitrogens with two attached hydrogens (primary N) is 1. The summed E-state index contributed by atoms with van der Waals surface area (Å²) in [5, 5.41) is 2.75. The quantitative estimate of drug-likeness (QED) is 0.638. The lowest BCUT2D eigenvalue weighted by Gasteiger charge is -2.11. The van der Waals surface area contributed by atoms with Crippen LogP contribution < -0.4 is 15.8 Å². The maximum absolute atomic E-state index is 12.2. The molecule has 24 heavy (non-hydrogen) atoms. The van der Waals surface area contributed by atoms with E-state index >= 15 is 0 Å². The number of anilines is 1. The van der Waals surface area contributed by atoms with E-state index in [0.717, 1.165) is 12.0 Å². The normalized spacial score (nSPS) is 12.1. The number of halogens is 3. The summed E-state index contributed by atoms with van der Waals surface area (Å²) < 4.78 is 40.5. The molecule has 0 aliphatic rings. The summed E-state index contributed by atoms with van der Waals surface area (Å²) in [5.41, 5.74) is 8.35. The summed E-state index contributed by atoms with van der Waals surface area (Å²) in [6.45, 7) is 2.44. The fraction of sp³-hybridized carbons (Fsp3) is 0.235. The smallest absolute Gasteiger partial charge is 0.406 e. The van der Waals surface area contributed by atoms with Crippen molar-refractivity contribution in [2.75, 3.05) is 5.32 Å². The van der Waals surface area contributed by atoms with Crippen LogP contribution >= 0.6 is 0 Å². The van der Waals surface area contributed by atoms with E-state index in [1.807, 2.05) is 24.3 Å². The number of rotatable bonds is 5. The highest BCUT2D eigenvalue weighted by Crippen LogP contribution is 2.24. The van der Waals surface area contributed by atoms with Crippen molar-refractivity contribution in [3.05, 3.63) is 59.7 Å². The number of aliphatic imine (C=N–C) groups is 1. The molecule has 2 aromatic carbocycles. The molecule has 0 aliphatic carbocycles. The van der Waals surface area contributed by atoms with Gasteiger partial charge in [0.05, 0.1) is 6.54 Å². The number of ether oxygens (including phenoxy) is 1. The molecule has 2 aromatic rings. The van der Waals surface area contributed by atoms with Crippen molar-refractivity contribution in [3.8, 4) is 5.75 Å². The third-order valence-corrected chi connectivity index (χ3v) is 3.17. The summed E-state index contributed by atoms with van der Waals surface area (Å²) >= 11 is 0. The maximum Gasteiger partial charge on any atom is 0.573 e. The van der Waals surface area contributed by atoms with Crippen LogP contribution in [0.1, 0.15) is 18.1 Å². The number of hydrogen-bond acceptors (Lipinski definition) is 2. The summed E-state index contributed by atoms with van der Waals surface area (Å²) in [6.07, 6.45) is -3.81. The molecule has 0 spiro atoms. The monoisotopic (exact) mass is 337 g/mol. The molecular formula is C17H18F3N3O. The van der Waals surface area contributed by atoms with Crippen LogP contribution in [-0.2, 0) is 13.0 Å². The minimum Gasteiger partial charge on any atom is -0.406 e. The van der Waals surface area contributed by atoms with Gasteiger partial charge in [-0.25, -0.2) is 4.99 Å². The number of hydrogen-bond donors (Lipinski definition) is 2. The van der Waals surface area contributed by atoms with Gasteiger partial charge in [-0.3, -0.25) is 0 Å². The average Bonchev–Trinajstić information content (AvgIpc) is 2.52. The maximum atomic E-state index is 12.2. The summed E-state index contributed by atoms with van der Waals surface area (Å²) in [6, 6.07) is 13.4. The Labute approximate surface area is 138 Å². The van der Waals surface area contributed by atoms with Crippen LogP contribution in [0.5, 0.6) is 5.75 Å². The van der Waals surface area contributed by atoms with Crippen LogP contribution in [0, 0.1) is 0 Å². The molecule has 0 atom stereocenters. The first-order valence-electron chi connectivity index (χ1n) is 7.36. The van der Waals surface area contributed by atoms with E-state index in [1.54, 1.807) is 6.07 Å². The molecule has 0 aromatic heterocycles. The third kappa shape index (κ3) is 5.83. The third-order valence-electron chi connectivity index (χ3n) is 3.17. The van der Waals surface area contributed by atoms with Gasteiger partial charge in [0.15, 0.2) is 5.96 Å². The molecule has 0 radical (unpaired) electrons. The number of guanidine groups is 1. The fourth-order valence-corrected chi connectivity index (χ4v) is 2.08. The van der Waals surface area contributed by atoms with E-state index in [4.69, 9.17) is 5.73 Å². The highest BCUT2D eigenvalue weighted by Gasteiger charge is 2.31. The average molecular weight is 337 g/mol. The fourth-order valence-electron chi connectivity index (χ4n) is 2.08. The Morgan fingerprint density at radius 2 is 1.83 bits per heavy atom. The van der Waals surface area contributed by atoms with E-state index in [-0.39, 0.29) is 11.7 Å². The van der Waals surface area contributed by atoms with Crippen molar-refractivity contribution in [1.29, 1.82) is 0 Å². The lowest BCUT2D eigenvalue weighted by molar-refractivity contribution is -0.274. The molecule has 2 rings (SSSR count). The molecule has 0 amide bonds. The van der Waals surface area contributed by atoms with Crippen molar-refractivity contribution >= 4 is 11.6 Å². The van der Waals surface area contributed by atoms with Gasteiger partial charge in [0.25, 0.3) is 0 Å². The Bertz CT molecular complexity index is 714. The van der Waals surface area contributed by atoms with Crippen molar-refractivity contribution in [2.45, 2.75) is 26.3 Å². The second kappa shape index (κ2) is 7.72. The number of alkyl halides is 3. The standard InChI is InChI=1S/C17H18F3N3O/c1-2-12-5-3-6-13(9-12)11-22-16(21)23-14-7-4-8-15(10-14)24-17(18,19)20/h3-10H,2,11H2,1H3,(H3,21,22,23). The van der Waals surface area contributed by atoms with Gasteiger partial charge in [-0.2, -0.15) is 0 Å². The van der Waals surface area contributed by atoms with Gasteiger partial charge in [0, 0.05) is 11.8 Å². The van der Waals surface area contributed by atoms with Gasteiger partial charge in [-0.15, -0.1) is 13.2 Å². The summed E-state index contributed by atoms with van der Waals surface area (Å²) in [4.78, 5) is 4.19. The minimum atomic E-state index is -4.73. The topological polar surface area (TPSA) is 59.6 Å². The molecule has 0 saturated heterocycles. The Kier molecular flexibility index (Phi) is 5.68. The zero-order valence-corrected chi connectivity index (χ0v) is 13.1. The lowest BCUT2D eigenvalue weighted by Crippen LogP contribution is -2.23. The van der Waals surface area contributed by atoms with Crippen molar-refractivity contribution in [1.82, 2.24) is 0 Å². The molecule has 128 valence electrons. The largest absolute Gasteiger partial charge is 0.573 e. The number of benzene rings is 2. The number of nitrogens with one attached hydrogen (secondary N) is 1. The predicted molar refractivity (Wildman–Crippen MR) is 87.9 cm³/mol. The van der Waals surface area contributed by atoms with Crippen LogP contribution in [0.15, 0.2) is 53.5 Å². The van der Waals surface area contributed by atoms with Gasteiger partial charge in [-0.1, -0.05) is 37.3 Å². The molecule has 0 heterocycles. The molecule has 0 unspecified atom stereocenters. The molecule has 7 heteroatoms. The molecule has 0 bridgehead atoms. The SMILES string of the molecule is CCc1cccc(CN=C(N)Nc2cccc(OC(F)(F)F)c2)c1. The predicted octanol–water partition coefficient (Wildman–Crippen LogP) is 4.07. The van der Waals surface area contributed by atoms with Gasteiger partial charge >= 0.3 is 6.36 Å². The molecular weight excluding hydrogens is 319 g/mol. The highest BCUT2D eigenvalue weighted by molar-refractivity contribution is 5.92. The number of aryl methyl sites for hydroxylation is 1. The van der Waals surface area contributed by atoms with E-state index in [1.165, 1.54) is 23.8 Å². The zero-order valence-electron chi connectivity index (χ0n) is 13.1. The van der Waals surface area contributed by atoms with Crippen molar-refractivity contribution in [3.63, 3.8) is 0 Å². The van der Waals surface area contributed by atoms with Gasteiger partial charge in [0.2, 0.25) is 0 Å². The van der Waals surface area contributed by atoms with Gasteiger partial charge in [0.1, 0.15) is 5.75 Å². The lowest BCUT2D eigenvalue weighted by atomic mass is 10.1. The van der Waals surface area contributed by atoms with E-state index in [2.05, 4.69) is 22.0 Å². The summed E-state index contributed by atoms with van der Waals surface area (Å²) in [7, 11) is 0. The second-order valence-electron chi connectivity index (χ2n) is 5.08. The van der Waals surface area contributed by atoms with Crippen LogP contribution in [0.25, 0.3) is 0 Å². The first-order chi connectivity index (χ1) is 11.4. The number of nitrogens with zero attached hydrogens (tertiary/aromatic N) is 1. The molecule has 4 nitrogen and oxygen atoms in total. The van der Waals surface area contributed by atoms with Crippen molar-refractivity contribution in [2.24, 2.45) is 10.7 Å². The van der Waals surface area contributed by atoms with Crippen LogP contribution in [0.3, 0.4) is 0 Å². The van der Waals surface area contributed by atoms with Crippen LogP contribution in [0.2, 0.25) is 0 Å². The Morgan fingerprint density at radius 1 is 1.12 bits per heavy atom. The Morgan fingerprint density at radius 3 is 2.54 bits per heavy atom. The first-order valence-corrected chi connectivity index (χ1v) is 7.36. The second-order valence-corrected chi connectivity index (χ2v) is 5.08. The highest BCUT2D eigenvalue weighted by atomic mass is 19.4. The van der Waals surface area contributed by atoms with E-state index in [9.17, 15) is 13.2 Å². The van der Waals surface area contributed by atoms with Crippen LogP contribution in [0.4, 0.5) is 18.9 Å². The molecule has 0 fully saturated rings. The molecule has 0 aliphatic heterocycles.